The van der Waals surface area contributed by atoms with Crippen LogP contribution in [0.4, 0.5) is 4.39 Å². The van der Waals surface area contributed by atoms with Gasteiger partial charge < -0.3 is 9.47 Å². The molecule has 0 heterocycles. The van der Waals surface area contributed by atoms with E-state index in [9.17, 15) is 9.18 Å². The lowest BCUT2D eigenvalue weighted by molar-refractivity contribution is -0.144. The Labute approximate surface area is 211 Å². The number of carbonyl (C=O) groups is 1. The summed E-state index contributed by atoms with van der Waals surface area (Å²) in [7, 11) is 0. The van der Waals surface area contributed by atoms with E-state index in [1.807, 2.05) is 0 Å². The fraction of sp³-hybridized carbons (Fsp3) is 0.645. The highest BCUT2D eigenvalue weighted by Gasteiger charge is 2.43. The van der Waals surface area contributed by atoms with Crippen LogP contribution in [0.3, 0.4) is 0 Å². The Morgan fingerprint density at radius 3 is 2.60 bits per heavy atom. The molecule has 4 heteroatoms. The lowest BCUT2D eigenvalue weighted by atomic mass is 9.59. The van der Waals surface area contributed by atoms with Crippen LogP contribution < -0.4 is 9.47 Å². The highest BCUT2D eigenvalue weighted by molar-refractivity contribution is 5.75. The molecule has 3 nitrogen and oxygen atoms in total. The summed E-state index contributed by atoms with van der Waals surface area (Å²) >= 11 is 0. The SMILES string of the molecule is C=CCOc1ccc(OC(=O)C2CCCC3CC(C4CCC(CC/C=C/C)CC4)CCC32)cc1F. The van der Waals surface area contributed by atoms with Crippen molar-refractivity contribution in [1.82, 2.24) is 0 Å². The van der Waals surface area contributed by atoms with E-state index >= 15 is 0 Å². The summed E-state index contributed by atoms with van der Waals surface area (Å²) in [5.41, 5.74) is 0. The molecule has 3 aliphatic carbocycles. The summed E-state index contributed by atoms with van der Waals surface area (Å²) in [6.07, 6.45) is 21.1. The van der Waals surface area contributed by atoms with Crippen molar-refractivity contribution in [3.05, 3.63) is 48.8 Å². The van der Waals surface area contributed by atoms with Crippen molar-refractivity contribution in [2.45, 2.75) is 84.0 Å². The van der Waals surface area contributed by atoms with E-state index in [-0.39, 0.29) is 30.0 Å². The molecule has 0 spiro atoms. The predicted octanol–water partition coefficient (Wildman–Crippen LogP) is 8.29. The molecule has 0 aliphatic heterocycles. The second kappa shape index (κ2) is 12.7. The van der Waals surface area contributed by atoms with E-state index < -0.39 is 5.82 Å². The lowest BCUT2D eigenvalue weighted by Gasteiger charge is -2.46. The maximum Gasteiger partial charge on any atom is 0.314 e. The third kappa shape index (κ3) is 6.77. The number of fused-ring (bicyclic) bond motifs is 1. The molecule has 3 aliphatic rings. The Hall–Kier alpha value is -2.10. The maximum atomic E-state index is 14.3. The topological polar surface area (TPSA) is 35.5 Å². The van der Waals surface area contributed by atoms with E-state index in [1.165, 1.54) is 69.9 Å². The summed E-state index contributed by atoms with van der Waals surface area (Å²) in [4.78, 5) is 13.1. The largest absolute Gasteiger partial charge is 0.486 e. The lowest BCUT2D eigenvalue weighted by Crippen LogP contribution is -2.40. The van der Waals surface area contributed by atoms with Gasteiger partial charge in [0.2, 0.25) is 0 Å². The summed E-state index contributed by atoms with van der Waals surface area (Å²) in [5, 5.41) is 0. The molecule has 4 rings (SSSR count). The van der Waals surface area contributed by atoms with Crippen molar-refractivity contribution in [3.63, 3.8) is 0 Å². The minimum absolute atomic E-state index is 0.0585. The van der Waals surface area contributed by atoms with E-state index in [1.54, 1.807) is 12.1 Å². The normalized spacial score (nSPS) is 31.0. The van der Waals surface area contributed by atoms with Gasteiger partial charge in [0.25, 0.3) is 0 Å². The van der Waals surface area contributed by atoms with Gasteiger partial charge in [-0.15, -0.1) is 0 Å². The molecule has 3 saturated carbocycles. The Kier molecular flexibility index (Phi) is 9.45. The molecule has 4 atom stereocenters. The van der Waals surface area contributed by atoms with Gasteiger partial charge in [-0.25, -0.2) is 4.39 Å². The van der Waals surface area contributed by atoms with E-state index in [4.69, 9.17) is 9.47 Å². The molecule has 0 bridgehead atoms. The van der Waals surface area contributed by atoms with Crippen LogP contribution in [0, 0.1) is 41.3 Å². The average molecular weight is 483 g/mol. The van der Waals surface area contributed by atoms with Crippen molar-refractivity contribution in [1.29, 1.82) is 0 Å². The smallest absolute Gasteiger partial charge is 0.314 e. The molecule has 1 aromatic rings. The van der Waals surface area contributed by atoms with Gasteiger partial charge in [0.1, 0.15) is 12.4 Å². The molecular weight excluding hydrogens is 439 g/mol. The molecule has 0 amide bonds. The van der Waals surface area contributed by atoms with Gasteiger partial charge in [0.15, 0.2) is 11.6 Å². The molecule has 1 aromatic carbocycles. The number of ether oxygens (including phenoxy) is 2. The summed E-state index contributed by atoms with van der Waals surface area (Å²) in [6.45, 7) is 5.92. The van der Waals surface area contributed by atoms with Crippen LogP contribution >= 0.6 is 0 Å². The quantitative estimate of drug-likeness (QED) is 0.202. The van der Waals surface area contributed by atoms with Crippen LogP contribution in [0.1, 0.15) is 84.0 Å². The minimum Gasteiger partial charge on any atom is -0.486 e. The number of halogens is 1. The predicted molar refractivity (Wildman–Crippen MR) is 139 cm³/mol. The van der Waals surface area contributed by atoms with Crippen molar-refractivity contribution < 1.29 is 18.7 Å². The zero-order valence-electron chi connectivity index (χ0n) is 21.4. The van der Waals surface area contributed by atoms with Crippen LogP contribution in [0.2, 0.25) is 0 Å². The zero-order valence-corrected chi connectivity index (χ0v) is 21.4. The van der Waals surface area contributed by atoms with E-state index in [2.05, 4.69) is 25.7 Å². The zero-order chi connectivity index (χ0) is 24.6. The van der Waals surface area contributed by atoms with Crippen molar-refractivity contribution in [2.24, 2.45) is 35.5 Å². The molecule has 4 unspecified atom stereocenters. The first-order chi connectivity index (χ1) is 17.1. The molecule has 192 valence electrons. The second-order valence-electron chi connectivity index (χ2n) is 11.1. The first-order valence-electron chi connectivity index (χ1n) is 13.9. The Bertz CT molecular complexity index is 870. The molecule has 0 radical (unpaired) electrons. The van der Waals surface area contributed by atoms with Crippen LogP contribution in [-0.2, 0) is 4.79 Å². The summed E-state index contributed by atoms with van der Waals surface area (Å²) in [5.74, 6) is 3.34. The van der Waals surface area contributed by atoms with E-state index in [0.29, 0.717) is 11.8 Å². The highest BCUT2D eigenvalue weighted by Crippen LogP contribution is 2.50. The van der Waals surface area contributed by atoms with Gasteiger partial charge in [-0.2, -0.15) is 0 Å². The van der Waals surface area contributed by atoms with Crippen LogP contribution in [-0.4, -0.2) is 12.6 Å². The molecule has 0 aromatic heterocycles. The van der Waals surface area contributed by atoms with Crippen molar-refractivity contribution in [2.75, 3.05) is 6.61 Å². The third-order valence-electron chi connectivity index (χ3n) is 9.01. The Morgan fingerprint density at radius 1 is 1.06 bits per heavy atom. The molecular formula is C31H43FO3. The number of benzene rings is 1. The Balaban J connectivity index is 1.28. The average Bonchev–Trinajstić information content (AvgIpc) is 2.88. The van der Waals surface area contributed by atoms with Crippen LogP contribution in [0.15, 0.2) is 43.0 Å². The van der Waals surface area contributed by atoms with Crippen molar-refractivity contribution in [3.8, 4) is 11.5 Å². The third-order valence-corrected chi connectivity index (χ3v) is 9.01. The Morgan fingerprint density at radius 2 is 1.86 bits per heavy atom. The van der Waals surface area contributed by atoms with Gasteiger partial charge in [0.05, 0.1) is 5.92 Å². The molecule has 35 heavy (non-hydrogen) atoms. The fourth-order valence-electron chi connectivity index (χ4n) is 7.17. The highest BCUT2D eigenvalue weighted by atomic mass is 19.1. The monoisotopic (exact) mass is 482 g/mol. The van der Waals surface area contributed by atoms with Crippen LogP contribution in [0.5, 0.6) is 11.5 Å². The standard InChI is InChI=1S/C31H43FO3/c1-3-5-6-8-22-11-13-23(14-12-22)24-15-17-27-25(20-24)9-7-10-28(27)31(33)35-26-16-18-30(29(32)21-26)34-19-4-2/h3-5,16,18,21-25,27-28H,2,6-15,17,19-20H2,1H3/b5-3+. The number of rotatable bonds is 9. The first kappa shape index (κ1) is 26.0. The summed E-state index contributed by atoms with van der Waals surface area (Å²) in [6, 6.07) is 4.39. The minimum atomic E-state index is -0.518. The van der Waals surface area contributed by atoms with Gasteiger partial charge in [-0.05, 0) is 100 Å². The molecule has 0 saturated heterocycles. The second-order valence-corrected chi connectivity index (χ2v) is 11.1. The van der Waals surface area contributed by atoms with Crippen LogP contribution in [0.25, 0.3) is 0 Å². The van der Waals surface area contributed by atoms with E-state index in [0.717, 1.165) is 37.0 Å². The van der Waals surface area contributed by atoms with Gasteiger partial charge in [-0.1, -0.05) is 50.5 Å². The number of hydrogen-bond donors (Lipinski definition) is 0. The van der Waals surface area contributed by atoms with Gasteiger partial charge in [-0.3, -0.25) is 4.79 Å². The number of carbonyl (C=O) groups excluding carboxylic acids is 1. The fourth-order valence-corrected chi connectivity index (χ4v) is 7.17. The molecule has 0 N–H and O–H groups in total. The van der Waals surface area contributed by atoms with Gasteiger partial charge >= 0.3 is 5.97 Å². The maximum absolute atomic E-state index is 14.3. The summed E-state index contributed by atoms with van der Waals surface area (Å²) < 4.78 is 25.3. The number of hydrogen-bond acceptors (Lipinski definition) is 3. The van der Waals surface area contributed by atoms with Gasteiger partial charge in [0, 0.05) is 6.07 Å². The first-order valence-corrected chi connectivity index (χ1v) is 13.9. The number of esters is 1. The van der Waals surface area contributed by atoms with Crippen molar-refractivity contribution >= 4 is 5.97 Å². The number of allylic oxidation sites excluding steroid dienone is 2. The molecule has 3 fully saturated rings.